The van der Waals surface area contributed by atoms with Crippen LogP contribution in [0.2, 0.25) is 0 Å². The zero-order valence-electron chi connectivity index (χ0n) is 14.0. The third-order valence-electron chi connectivity index (χ3n) is 3.98. The van der Waals surface area contributed by atoms with Crippen molar-refractivity contribution in [2.45, 2.75) is 44.9 Å². The van der Waals surface area contributed by atoms with Gasteiger partial charge in [-0.3, -0.25) is 19.3 Å². The van der Waals surface area contributed by atoms with Gasteiger partial charge >= 0.3 is 5.97 Å². The number of halogens is 1. The number of rotatable bonds is 4. The molecule has 2 aliphatic heterocycles. The first-order chi connectivity index (χ1) is 10.9. The molecule has 1 fully saturated rings. The van der Waals surface area contributed by atoms with Gasteiger partial charge in [0, 0.05) is 17.9 Å². The third kappa shape index (κ3) is 3.35. The number of Topliss-reactive ketones (excluding diaryl/α,β-unsaturated/α-hetero) is 1. The first kappa shape index (κ1) is 18.9. The molecule has 7 nitrogen and oxygen atoms in total. The van der Waals surface area contributed by atoms with Gasteiger partial charge in [-0.2, -0.15) is 0 Å². The predicted molar refractivity (Wildman–Crippen MR) is 86.8 cm³/mol. The van der Waals surface area contributed by atoms with Gasteiger partial charge in [-0.1, -0.05) is 20.8 Å². The van der Waals surface area contributed by atoms with Crippen molar-refractivity contribution in [3.8, 4) is 0 Å². The van der Waals surface area contributed by atoms with Gasteiger partial charge in [0.25, 0.3) is 0 Å². The molecule has 2 rings (SSSR count). The first-order valence-corrected chi connectivity index (χ1v) is 9.58. The van der Waals surface area contributed by atoms with Crippen molar-refractivity contribution in [2.75, 3.05) is 12.4 Å². The Bertz CT molecular complexity index is 734. The van der Waals surface area contributed by atoms with E-state index in [1.807, 2.05) is 0 Å². The number of sulfone groups is 1. The molecular weight excluding hydrogens is 358 g/mol. The molecule has 1 saturated heterocycles. The van der Waals surface area contributed by atoms with Gasteiger partial charge in [0.1, 0.15) is 17.4 Å². The minimum absolute atomic E-state index is 0.125. The summed E-state index contributed by atoms with van der Waals surface area (Å²) in [6.45, 7) is 5.93. The monoisotopic (exact) mass is 377 g/mol. The Labute approximate surface area is 145 Å². The number of ether oxygens (including phenoxy) is 1. The molecule has 0 N–H and O–H groups in total. The lowest BCUT2D eigenvalue weighted by atomic mass is 9.86. The molecule has 2 heterocycles. The summed E-state index contributed by atoms with van der Waals surface area (Å²) in [5.41, 5.74) is -0.452. The second kappa shape index (κ2) is 6.15. The predicted octanol–water partition coefficient (Wildman–Crippen LogP) is 1.01. The van der Waals surface area contributed by atoms with E-state index in [2.05, 4.69) is 0 Å². The number of amides is 1. The summed E-state index contributed by atoms with van der Waals surface area (Å²) < 4.78 is 29.5. The normalized spacial score (nSPS) is 24.1. The number of ketones is 1. The molecule has 9 heteroatoms. The Morgan fingerprint density at radius 2 is 1.96 bits per heavy atom. The van der Waals surface area contributed by atoms with Gasteiger partial charge in [0.15, 0.2) is 15.6 Å². The lowest BCUT2D eigenvalue weighted by Gasteiger charge is -2.46. The molecule has 0 aromatic carbocycles. The average molecular weight is 378 g/mol. The van der Waals surface area contributed by atoms with Gasteiger partial charge < -0.3 is 4.74 Å². The largest absolute Gasteiger partial charge is 0.461 e. The topological polar surface area (TPSA) is 97.8 Å². The maximum absolute atomic E-state index is 12.5. The van der Waals surface area contributed by atoms with Crippen LogP contribution in [0, 0.1) is 5.41 Å². The number of hydrogen-bond donors (Lipinski definition) is 0. The molecule has 2 atom stereocenters. The van der Waals surface area contributed by atoms with Gasteiger partial charge in [0.2, 0.25) is 5.91 Å². The second-order valence-electron chi connectivity index (χ2n) is 6.98. The highest BCUT2D eigenvalue weighted by Gasteiger charge is 2.53. The minimum atomic E-state index is -3.60. The number of fused-ring (bicyclic) bond motifs is 1. The first-order valence-electron chi connectivity index (χ1n) is 7.43. The summed E-state index contributed by atoms with van der Waals surface area (Å²) in [5.74, 6) is -1.72. The summed E-state index contributed by atoms with van der Waals surface area (Å²) >= 11 is 6.32. The van der Waals surface area contributed by atoms with Crippen LogP contribution < -0.4 is 0 Å². The fourth-order valence-corrected chi connectivity index (χ4v) is 5.10. The molecule has 0 spiro atoms. The number of carbonyl (C=O) groups is 3. The molecule has 1 amide bonds. The van der Waals surface area contributed by atoms with E-state index in [0.29, 0.717) is 0 Å². The smallest absolute Gasteiger partial charge is 0.302 e. The molecule has 0 aliphatic carbocycles. The molecule has 24 heavy (non-hydrogen) atoms. The van der Waals surface area contributed by atoms with Crippen LogP contribution in [0.25, 0.3) is 0 Å². The summed E-state index contributed by atoms with van der Waals surface area (Å²) in [7, 11) is -3.60. The van der Waals surface area contributed by atoms with Crippen LogP contribution in [-0.2, 0) is 29.0 Å². The summed E-state index contributed by atoms with van der Waals surface area (Å²) in [5, 5.41) is -2.17. The van der Waals surface area contributed by atoms with Crippen LogP contribution in [0.15, 0.2) is 11.3 Å². The zero-order chi connectivity index (χ0) is 18.4. The molecule has 1 unspecified atom stereocenters. The minimum Gasteiger partial charge on any atom is -0.461 e. The van der Waals surface area contributed by atoms with Gasteiger partial charge in [-0.25, -0.2) is 8.42 Å². The maximum Gasteiger partial charge on any atom is 0.302 e. The summed E-state index contributed by atoms with van der Waals surface area (Å²) in [6, 6.07) is 0. The Morgan fingerprint density at radius 1 is 1.38 bits per heavy atom. The Hall–Kier alpha value is -1.41. The van der Waals surface area contributed by atoms with Gasteiger partial charge in [-0.15, -0.1) is 11.6 Å². The van der Waals surface area contributed by atoms with Crippen molar-refractivity contribution in [3.05, 3.63) is 11.3 Å². The van der Waals surface area contributed by atoms with Gasteiger partial charge in [-0.05, 0) is 0 Å². The fourth-order valence-electron chi connectivity index (χ4n) is 2.66. The van der Waals surface area contributed by atoms with Crippen LogP contribution >= 0.6 is 11.6 Å². The number of hydrogen-bond acceptors (Lipinski definition) is 6. The number of nitrogens with zero attached hydrogens (tertiary/aromatic N) is 1. The molecule has 0 saturated carbocycles. The van der Waals surface area contributed by atoms with E-state index in [4.69, 9.17) is 16.3 Å². The van der Waals surface area contributed by atoms with E-state index >= 15 is 0 Å². The van der Waals surface area contributed by atoms with Crippen molar-refractivity contribution in [1.29, 1.82) is 0 Å². The van der Waals surface area contributed by atoms with Crippen molar-refractivity contribution in [1.82, 2.24) is 4.90 Å². The number of β-lactam (4-membered cyclic amide) rings is 1. The standard InChI is InChI=1S/C15H20ClNO6S/c1-8(18)23-6-9-7-24(21,22)11-5-10(19)17(11)13(9)12(16)14(20)15(2,3)4/h11-12H,5-7H2,1-4H3/t11-,12?/m0/s1. The van der Waals surface area contributed by atoms with Crippen LogP contribution in [0.3, 0.4) is 0 Å². The fraction of sp³-hybridized carbons (Fsp3) is 0.667. The summed E-state index contributed by atoms with van der Waals surface area (Å²) in [4.78, 5) is 36.6. The van der Waals surface area contributed by atoms with E-state index in [9.17, 15) is 22.8 Å². The van der Waals surface area contributed by atoms with Gasteiger partial charge in [0.05, 0.1) is 17.9 Å². The van der Waals surface area contributed by atoms with E-state index in [1.165, 1.54) is 6.92 Å². The van der Waals surface area contributed by atoms with Crippen molar-refractivity contribution < 1.29 is 27.5 Å². The molecule has 0 radical (unpaired) electrons. The number of esters is 1. The van der Waals surface area contributed by atoms with Crippen molar-refractivity contribution in [3.63, 3.8) is 0 Å². The lowest BCUT2D eigenvalue weighted by molar-refractivity contribution is -0.140. The SMILES string of the molecule is CC(=O)OCC1=C(C(Cl)C(=O)C(C)(C)C)N2C(=O)C[C@@H]2S(=O)(=O)C1. The van der Waals surface area contributed by atoms with Crippen molar-refractivity contribution >= 4 is 39.1 Å². The number of carbonyl (C=O) groups excluding carboxylic acids is 3. The lowest BCUT2D eigenvalue weighted by Crippen LogP contribution is -2.61. The number of allylic oxidation sites excluding steroid dienone is 1. The third-order valence-corrected chi connectivity index (χ3v) is 6.34. The molecule has 134 valence electrons. The van der Waals surface area contributed by atoms with E-state index in [0.717, 1.165) is 4.90 Å². The Morgan fingerprint density at radius 3 is 2.42 bits per heavy atom. The molecule has 2 aliphatic rings. The summed E-state index contributed by atoms with van der Waals surface area (Å²) in [6.07, 6.45) is -0.125. The Balaban J connectivity index is 2.50. The van der Waals surface area contributed by atoms with E-state index < -0.39 is 37.9 Å². The molecule has 0 bridgehead atoms. The number of alkyl halides is 1. The maximum atomic E-state index is 12.5. The van der Waals surface area contributed by atoms with E-state index in [-0.39, 0.29) is 35.8 Å². The molecule has 0 aromatic heterocycles. The highest BCUT2D eigenvalue weighted by molar-refractivity contribution is 7.92. The molecular formula is C15H20ClNO6S. The highest BCUT2D eigenvalue weighted by atomic mass is 35.5. The van der Waals surface area contributed by atoms with Crippen LogP contribution in [0.1, 0.15) is 34.1 Å². The van der Waals surface area contributed by atoms with Crippen LogP contribution in [0.4, 0.5) is 0 Å². The Kier molecular flexibility index (Phi) is 4.85. The average Bonchev–Trinajstić information content (AvgIpc) is 2.42. The van der Waals surface area contributed by atoms with Crippen LogP contribution in [0.5, 0.6) is 0 Å². The molecule has 0 aromatic rings. The van der Waals surface area contributed by atoms with Crippen molar-refractivity contribution in [2.24, 2.45) is 5.41 Å². The van der Waals surface area contributed by atoms with E-state index in [1.54, 1.807) is 20.8 Å². The quantitative estimate of drug-likeness (QED) is 0.412. The zero-order valence-corrected chi connectivity index (χ0v) is 15.5. The second-order valence-corrected chi connectivity index (χ2v) is 9.57. The highest BCUT2D eigenvalue weighted by Crippen LogP contribution is 2.40. The van der Waals surface area contributed by atoms with Crippen LogP contribution in [-0.4, -0.2) is 54.1 Å².